The van der Waals surface area contributed by atoms with E-state index in [4.69, 9.17) is 0 Å². The summed E-state index contributed by atoms with van der Waals surface area (Å²) in [6, 6.07) is 4.15. The molecule has 0 aliphatic heterocycles. The number of aromatic hydroxyl groups is 1. The lowest BCUT2D eigenvalue weighted by molar-refractivity contribution is 0.467. The van der Waals surface area contributed by atoms with E-state index in [1.165, 1.54) is 24.8 Å². The highest BCUT2D eigenvalue weighted by atomic mass is 127. The Morgan fingerprint density at radius 2 is 1.71 bits per heavy atom. The van der Waals surface area contributed by atoms with Crippen LogP contribution in [0.25, 0.3) is 0 Å². The second-order valence-corrected chi connectivity index (χ2v) is 5.69. The molecule has 0 bridgehead atoms. The van der Waals surface area contributed by atoms with Gasteiger partial charge in [0.15, 0.2) is 0 Å². The van der Waals surface area contributed by atoms with E-state index in [0.29, 0.717) is 5.75 Å². The van der Waals surface area contributed by atoms with E-state index in [1.807, 2.05) is 0 Å². The van der Waals surface area contributed by atoms with Crippen molar-refractivity contribution in [2.75, 3.05) is 0 Å². The Hall–Kier alpha value is 0.480. The average Bonchev–Trinajstić information content (AvgIpc) is 2.14. The van der Waals surface area contributed by atoms with Crippen molar-refractivity contribution in [1.82, 2.24) is 0 Å². The van der Waals surface area contributed by atoms with Gasteiger partial charge in [-0.15, -0.1) is 0 Å². The zero-order valence-electron chi connectivity index (χ0n) is 8.19. The Bertz CT molecular complexity index is 287. The number of benzene rings is 1. The van der Waals surface area contributed by atoms with Gasteiger partial charge in [-0.1, -0.05) is 19.8 Å². The van der Waals surface area contributed by atoms with E-state index in [1.54, 1.807) is 0 Å². The Kier molecular flexibility index (Phi) is 5.51. The van der Waals surface area contributed by atoms with Crippen LogP contribution < -0.4 is 0 Å². The van der Waals surface area contributed by atoms with Crippen LogP contribution in [0, 0.1) is 7.14 Å². The minimum absolute atomic E-state index is 0.422. The maximum Gasteiger partial charge on any atom is 0.142 e. The zero-order valence-corrected chi connectivity index (χ0v) is 12.5. The van der Waals surface area contributed by atoms with Crippen molar-refractivity contribution in [3.63, 3.8) is 0 Å². The van der Waals surface area contributed by atoms with Gasteiger partial charge in [0, 0.05) is 0 Å². The molecule has 0 radical (unpaired) electrons. The summed E-state index contributed by atoms with van der Waals surface area (Å²) in [5.41, 5.74) is 1.34. The fourth-order valence-electron chi connectivity index (χ4n) is 1.34. The highest BCUT2D eigenvalue weighted by molar-refractivity contribution is 14.1. The lowest BCUT2D eigenvalue weighted by Gasteiger charge is -2.05. The molecule has 1 N–H and O–H groups in total. The number of hydrogen-bond donors (Lipinski definition) is 1. The molecule has 0 unspecified atom stereocenters. The number of phenolic OH excluding ortho intramolecular Hbond substituents is 1. The molecule has 3 heteroatoms. The number of halogens is 2. The molecule has 0 heterocycles. The summed E-state index contributed by atoms with van der Waals surface area (Å²) in [5, 5.41) is 9.59. The van der Waals surface area contributed by atoms with E-state index in [-0.39, 0.29) is 0 Å². The third-order valence-corrected chi connectivity index (χ3v) is 3.79. The maximum absolute atomic E-state index is 9.59. The van der Waals surface area contributed by atoms with E-state index >= 15 is 0 Å². The Morgan fingerprint density at radius 3 is 2.21 bits per heavy atom. The highest BCUT2D eigenvalue weighted by Crippen LogP contribution is 2.27. The summed E-state index contributed by atoms with van der Waals surface area (Å²) in [6.45, 7) is 2.21. The van der Waals surface area contributed by atoms with Gasteiger partial charge in [0.1, 0.15) is 5.75 Å². The van der Waals surface area contributed by atoms with Crippen molar-refractivity contribution in [2.24, 2.45) is 0 Å². The van der Waals surface area contributed by atoms with Gasteiger partial charge in [-0.2, -0.15) is 0 Å². The molecular weight excluding hydrogens is 402 g/mol. The van der Waals surface area contributed by atoms with Crippen LogP contribution in [0.4, 0.5) is 0 Å². The van der Waals surface area contributed by atoms with Crippen molar-refractivity contribution < 1.29 is 5.11 Å². The number of phenols is 1. The quantitative estimate of drug-likeness (QED) is 0.573. The van der Waals surface area contributed by atoms with Crippen LogP contribution in [0.1, 0.15) is 31.7 Å². The predicted octanol–water partition coefficient (Wildman–Crippen LogP) is 4.33. The molecule has 0 fully saturated rings. The Morgan fingerprint density at radius 1 is 1.14 bits per heavy atom. The van der Waals surface area contributed by atoms with Gasteiger partial charge in [0.2, 0.25) is 0 Å². The molecule has 0 aliphatic rings. The number of aryl methyl sites for hydroxylation is 1. The van der Waals surface area contributed by atoms with Crippen molar-refractivity contribution in [3.05, 3.63) is 24.8 Å². The molecule has 0 amide bonds. The Balaban J connectivity index is 2.69. The molecule has 0 saturated carbocycles. The number of rotatable bonds is 4. The van der Waals surface area contributed by atoms with Gasteiger partial charge in [-0.05, 0) is 75.7 Å². The second-order valence-electron chi connectivity index (χ2n) is 3.37. The SMILES string of the molecule is CCCCCc1cc(I)c(O)c(I)c1. The van der Waals surface area contributed by atoms with Gasteiger partial charge in [-0.25, -0.2) is 0 Å². The standard InChI is InChI=1S/C11H14I2O/c1-2-3-4-5-8-6-9(12)11(14)10(13)7-8/h6-7,14H,2-5H2,1H3. The van der Waals surface area contributed by atoms with Crippen LogP contribution in [-0.4, -0.2) is 5.11 Å². The van der Waals surface area contributed by atoms with E-state index in [2.05, 4.69) is 64.2 Å². The molecule has 0 atom stereocenters. The summed E-state index contributed by atoms with van der Waals surface area (Å²) >= 11 is 4.36. The minimum atomic E-state index is 0.422. The van der Waals surface area contributed by atoms with Crippen LogP contribution >= 0.6 is 45.2 Å². The number of unbranched alkanes of at least 4 members (excludes halogenated alkanes) is 2. The average molecular weight is 416 g/mol. The van der Waals surface area contributed by atoms with Crippen LogP contribution in [0.15, 0.2) is 12.1 Å². The molecule has 78 valence electrons. The smallest absolute Gasteiger partial charge is 0.142 e. The maximum atomic E-state index is 9.59. The van der Waals surface area contributed by atoms with E-state index < -0.39 is 0 Å². The first kappa shape index (κ1) is 12.5. The summed E-state index contributed by atoms with van der Waals surface area (Å²) in [7, 11) is 0. The van der Waals surface area contributed by atoms with Gasteiger partial charge < -0.3 is 5.11 Å². The van der Waals surface area contributed by atoms with Crippen molar-refractivity contribution in [1.29, 1.82) is 0 Å². The fourth-order valence-corrected chi connectivity index (χ4v) is 3.24. The molecule has 1 aromatic rings. The van der Waals surface area contributed by atoms with Crippen molar-refractivity contribution >= 4 is 45.2 Å². The van der Waals surface area contributed by atoms with E-state index in [0.717, 1.165) is 13.6 Å². The van der Waals surface area contributed by atoms with Crippen molar-refractivity contribution in [3.8, 4) is 5.75 Å². The molecule has 0 aromatic heterocycles. The minimum Gasteiger partial charge on any atom is -0.506 e. The predicted molar refractivity (Wildman–Crippen MR) is 76.8 cm³/mol. The first-order valence-corrected chi connectivity index (χ1v) is 6.97. The molecule has 1 rings (SSSR count). The summed E-state index contributed by atoms with van der Waals surface area (Å²) < 4.78 is 1.92. The largest absolute Gasteiger partial charge is 0.506 e. The molecule has 1 aromatic carbocycles. The first-order chi connectivity index (χ1) is 6.65. The molecule has 0 spiro atoms. The summed E-state index contributed by atoms with van der Waals surface area (Å²) in [6.07, 6.45) is 4.91. The van der Waals surface area contributed by atoms with E-state index in [9.17, 15) is 5.11 Å². The normalized spacial score (nSPS) is 10.5. The summed E-state index contributed by atoms with van der Waals surface area (Å²) in [5.74, 6) is 0.422. The molecule has 0 saturated heterocycles. The first-order valence-electron chi connectivity index (χ1n) is 4.82. The van der Waals surface area contributed by atoms with Crippen LogP contribution in [0.3, 0.4) is 0 Å². The van der Waals surface area contributed by atoms with Gasteiger partial charge in [-0.3, -0.25) is 0 Å². The van der Waals surface area contributed by atoms with Crippen LogP contribution in [0.5, 0.6) is 5.75 Å². The second kappa shape index (κ2) is 6.15. The lowest BCUT2D eigenvalue weighted by Crippen LogP contribution is -1.89. The van der Waals surface area contributed by atoms with Crippen LogP contribution in [-0.2, 0) is 6.42 Å². The molecular formula is C11H14I2O. The topological polar surface area (TPSA) is 20.2 Å². The van der Waals surface area contributed by atoms with Crippen LogP contribution in [0.2, 0.25) is 0 Å². The molecule has 0 aliphatic carbocycles. The fraction of sp³-hybridized carbons (Fsp3) is 0.455. The van der Waals surface area contributed by atoms with Gasteiger partial charge in [0.05, 0.1) is 7.14 Å². The molecule has 14 heavy (non-hydrogen) atoms. The third kappa shape index (κ3) is 3.56. The Labute approximate surface area is 113 Å². The monoisotopic (exact) mass is 416 g/mol. The number of hydrogen-bond acceptors (Lipinski definition) is 1. The van der Waals surface area contributed by atoms with Gasteiger partial charge >= 0.3 is 0 Å². The van der Waals surface area contributed by atoms with Crippen molar-refractivity contribution in [2.45, 2.75) is 32.6 Å². The summed E-state index contributed by atoms with van der Waals surface area (Å²) in [4.78, 5) is 0. The lowest BCUT2D eigenvalue weighted by atomic mass is 10.1. The highest BCUT2D eigenvalue weighted by Gasteiger charge is 2.05. The van der Waals surface area contributed by atoms with Gasteiger partial charge in [0.25, 0.3) is 0 Å². The zero-order chi connectivity index (χ0) is 10.6. The third-order valence-electron chi connectivity index (χ3n) is 2.15. The molecule has 1 nitrogen and oxygen atoms in total.